The molecule has 4 amide bonds. The number of ether oxygens (including phenoxy) is 2. The molecular formula is C47H59N9O11. The summed E-state index contributed by atoms with van der Waals surface area (Å²) in [5, 5.41) is 50.4. The maximum atomic E-state index is 14.7. The monoisotopic (exact) mass is 925 g/mol. The average molecular weight is 926 g/mol. The SMILES string of the molecule is Cc1nc(-c2ccc(C3(C)CC3)cc2)ncc1C(=O)N[C@@H](CCN)C(=O)N(C)C1C(=O)N[C@@H](C)C(=O)N[C@H](C(=O)O)Cc2ccc(OC[C@H](O)CN)c(c2)-c2cc1cc(OC[C@H](O)CN)c2O. The summed E-state index contributed by atoms with van der Waals surface area (Å²) in [5.74, 6) is -4.93. The van der Waals surface area contributed by atoms with E-state index in [4.69, 9.17) is 26.7 Å². The number of amides is 4. The van der Waals surface area contributed by atoms with E-state index in [1.807, 2.05) is 12.1 Å². The van der Waals surface area contributed by atoms with E-state index >= 15 is 0 Å². The maximum Gasteiger partial charge on any atom is 0.326 e. The van der Waals surface area contributed by atoms with Crippen LogP contribution in [0.1, 0.15) is 71.9 Å². The first kappa shape index (κ1) is 49.7. The number of carboxylic acids is 1. The first-order chi connectivity index (χ1) is 31.9. The topological polar surface area (TPSA) is 328 Å². The van der Waals surface area contributed by atoms with E-state index in [0.717, 1.165) is 23.3 Å². The van der Waals surface area contributed by atoms with Crippen LogP contribution in [0.4, 0.5) is 0 Å². The highest BCUT2D eigenvalue weighted by Gasteiger charge is 2.39. The number of aryl methyl sites for hydroxylation is 1. The van der Waals surface area contributed by atoms with E-state index < -0.39 is 78.3 Å². The molecule has 2 aliphatic rings. The molecule has 6 atom stereocenters. The molecule has 0 saturated heterocycles. The summed E-state index contributed by atoms with van der Waals surface area (Å²) in [6.45, 7) is 4.05. The second kappa shape index (κ2) is 21.3. The quantitative estimate of drug-likeness (QED) is 0.0691. The van der Waals surface area contributed by atoms with Gasteiger partial charge in [0.2, 0.25) is 17.7 Å². The predicted octanol–water partition coefficient (Wildman–Crippen LogP) is 0.550. The van der Waals surface area contributed by atoms with Crippen LogP contribution in [0.3, 0.4) is 0 Å². The number of carboxylic acid groups (broad SMARTS) is 1. The molecule has 1 aromatic heterocycles. The lowest BCUT2D eigenvalue weighted by Crippen LogP contribution is -2.55. The molecule has 1 aliphatic heterocycles. The molecule has 1 aliphatic carbocycles. The van der Waals surface area contributed by atoms with Gasteiger partial charge in [-0.2, -0.15) is 0 Å². The molecule has 0 spiro atoms. The Balaban J connectivity index is 1.41. The van der Waals surface area contributed by atoms with Crippen LogP contribution < -0.4 is 42.6 Å². The summed E-state index contributed by atoms with van der Waals surface area (Å²) >= 11 is 0. The minimum atomic E-state index is -1.65. The van der Waals surface area contributed by atoms with Crippen LogP contribution in [0.25, 0.3) is 22.5 Å². The molecule has 20 heteroatoms. The number of hydrogen-bond donors (Lipinski definition) is 10. The van der Waals surface area contributed by atoms with Gasteiger partial charge in [-0.15, -0.1) is 0 Å². The fourth-order valence-electron chi connectivity index (χ4n) is 7.65. The number of nitrogens with zero attached hydrogens (tertiary/aromatic N) is 3. The number of aromatic hydroxyl groups is 1. The van der Waals surface area contributed by atoms with Crippen LogP contribution in [0.2, 0.25) is 0 Å². The summed E-state index contributed by atoms with van der Waals surface area (Å²) in [6.07, 6.45) is 1.00. The van der Waals surface area contributed by atoms with Crippen molar-refractivity contribution >= 4 is 29.6 Å². The van der Waals surface area contributed by atoms with Gasteiger partial charge in [-0.3, -0.25) is 19.2 Å². The molecule has 1 saturated carbocycles. The van der Waals surface area contributed by atoms with E-state index in [9.17, 15) is 44.4 Å². The zero-order valence-corrected chi connectivity index (χ0v) is 37.8. The van der Waals surface area contributed by atoms with Gasteiger partial charge in [0.25, 0.3) is 5.91 Å². The van der Waals surface area contributed by atoms with Crippen LogP contribution in [-0.4, -0.2) is 135 Å². The second-order valence-corrected chi connectivity index (χ2v) is 17.3. The number of fused-ring (bicyclic) bond motifs is 5. The van der Waals surface area contributed by atoms with Crippen molar-refractivity contribution in [3.05, 3.63) is 88.7 Å². The highest BCUT2D eigenvalue weighted by Crippen LogP contribution is 2.48. The molecular weight excluding hydrogens is 867 g/mol. The van der Waals surface area contributed by atoms with Crippen molar-refractivity contribution in [3.63, 3.8) is 0 Å². The van der Waals surface area contributed by atoms with Crippen molar-refractivity contribution in [2.24, 2.45) is 17.2 Å². The molecule has 2 heterocycles. The van der Waals surface area contributed by atoms with Gasteiger partial charge in [-0.1, -0.05) is 37.3 Å². The number of phenols is 1. The number of phenolic OH excluding ortho intramolecular Hbond substituents is 1. The number of hydrogen-bond acceptors (Lipinski definition) is 15. The summed E-state index contributed by atoms with van der Waals surface area (Å²) in [4.78, 5) is 79.3. The van der Waals surface area contributed by atoms with E-state index in [0.29, 0.717) is 17.1 Å². The van der Waals surface area contributed by atoms with Crippen molar-refractivity contribution in [1.82, 2.24) is 30.8 Å². The molecule has 1 unspecified atom stereocenters. The number of benzene rings is 3. The summed E-state index contributed by atoms with van der Waals surface area (Å²) in [5.41, 5.74) is 20.3. The van der Waals surface area contributed by atoms with Crippen molar-refractivity contribution in [1.29, 1.82) is 0 Å². The number of nitrogens with one attached hydrogen (secondary N) is 3. The van der Waals surface area contributed by atoms with Crippen LogP contribution in [-0.2, 0) is 31.0 Å². The number of aliphatic carboxylic acids is 1. The number of nitrogens with two attached hydrogens (primary N) is 3. The van der Waals surface area contributed by atoms with Crippen LogP contribution in [0, 0.1) is 6.92 Å². The Labute approximate surface area is 387 Å². The highest BCUT2D eigenvalue weighted by molar-refractivity contribution is 6.00. The van der Waals surface area contributed by atoms with E-state index in [1.165, 1.54) is 50.0 Å². The van der Waals surface area contributed by atoms with Gasteiger partial charge < -0.3 is 68.0 Å². The normalized spacial score (nSPS) is 19.1. The minimum absolute atomic E-state index is 0.0155. The number of rotatable bonds is 17. The third kappa shape index (κ3) is 11.6. The Morgan fingerprint density at radius 2 is 1.58 bits per heavy atom. The lowest BCUT2D eigenvalue weighted by atomic mass is 9.93. The molecule has 20 nitrogen and oxygen atoms in total. The molecule has 4 aromatic rings. The number of aliphatic hydroxyl groups excluding tert-OH is 2. The number of carbonyl (C=O) groups is 5. The third-order valence-electron chi connectivity index (χ3n) is 12.1. The average Bonchev–Trinajstić information content (AvgIpc) is 4.07. The van der Waals surface area contributed by atoms with Crippen molar-refractivity contribution < 1.29 is 53.9 Å². The zero-order chi connectivity index (χ0) is 48.7. The lowest BCUT2D eigenvalue weighted by Gasteiger charge is -2.33. The number of carbonyl (C=O) groups excluding carboxylic acids is 4. The Bertz CT molecular complexity index is 2480. The number of likely N-dealkylation sites (N-methyl/N-ethyl adjacent to an activating group) is 1. The maximum absolute atomic E-state index is 14.7. The Morgan fingerprint density at radius 1 is 0.925 bits per heavy atom. The Hall–Kier alpha value is -6.71. The van der Waals surface area contributed by atoms with Gasteiger partial charge >= 0.3 is 5.97 Å². The van der Waals surface area contributed by atoms with Crippen LogP contribution in [0.5, 0.6) is 17.2 Å². The smallest absolute Gasteiger partial charge is 0.326 e. The summed E-state index contributed by atoms with van der Waals surface area (Å²) in [6, 6.07) is 9.34. The summed E-state index contributed by atoms with van der Waals surface area (Å²) in [7, 11) is 1.29. The fourth-order valence-corrected chi connectivity index (χ4v) is 7.65. The fraction of sp³-hybridized carbons (Fsp3) is 0.426. The molecule has 3 aromatic carbocycles. The second-order valence-electron chi connectivity index (χ2n) is 17.3. The largest absolute Gasteiger partial charge is 0.504 e. The van der Waals surface area contributed by atoms with Crippen molar-refractivity contribution in [2.75, 3.05) is 39.9 Å². The molecule has 13 N–H and O–H groups in total. The first-order valence-corrected chi connectivity index (χ1v) is 22.0. The lowest BCUT2D eigenvalue weighted by molar-refractivity contribution is -0.143. The van der Waals surface area contributed by atoms with Gasteiger partial charge in [-0.05, 0) is 86.0 Å². The van der Waals surface area contributed by atoms with Gasteiger partial charge in [0.1, 0.15) is 55.3 Å². The zero-order valence-electron chi connectivity index (χ0n) is 37.8. The van der Waals surface area contributed by atoms with Crippen molar-refractivity contribution in [3.8, 4) is 39.8 Å². The van der Waals surface area contributed by atoms with E-state index in [1.54, 1.807) is 13.0 Å². The minimum Gasteiger partial charge on any atom is -0.504 e. The van der Waals surface area contributed by atoms with Crippen LogP contribution in [0.15, 0.2) is 60.8 Å². The molecule has 67 heavy (non-hydrogen) atoms. The van der Waals surface area contributed by atoms with Crippen LogP contribution >= 0.6 is 0 Å². The molecule has 1 fully saturated rings. The van der Waals surface area contributed by atoms with Crippen molar-refractivity contribution in [2.45, 2.75) is 88.2 Å². The number of aliphatic hydroxyl groups is 2. The van der Waals surface area contributed by atoms with Gasteiger partial charge in [-0.25, -0.2) is 14.8 Å². The Morgan fingerprint density at radius 3 is 2.18 bits per heavy atom. The molecule has 4 bridgehead atoms. The van der Waals surface area contributed by atoms with Gasteiger partial charge in [0, 0.05) is 49.4 Å². The van der Waals surface area contributed by atoms with E-state index in [-0.39, 0.29) is 78.3 Å². The first-order valence-electron chi connectivity index (χ1n) is 22.0. The number of aromatic nitrogens is 2. The molecule has 0 radical (unpaired) electrons. The standard InChI is InChI=1S/C47H59N9O11/c1-24-34(21-51-41(52-24)27-6-8-29(9-7-27)47(3)12-13-47)43(61)54-35(11-14-48)45(63)56(4)39-28-17-33(40(59)38(18-28)67-23-31(58)20-50)32-15-26(5-10-37(32)66-22-30(57)19-49)16-36(46(64)65)55-42(60)25(2)53-44(39)62/h5-10,15,17-18,21,25,30-31,35-36,39,57-59H,11-14,16,19-20,22-23,48-50H2,1-4H3,(H,53,62)(H,54,61)(H,55,60)(H,64,65)/t25-,30+,31+,35-,36-,39?/m0/s1. The molecule has 6 rings (SSSR count). The third-order valence-corrected chi connectivity index (χ3v) is 12.1. The van der Waals surface area contributed by atoms with Gasteiger partial charge in [0.15, 0.2) is 17.3 Å². The van der Waals surface area contributed by atoms with Gasteiger partial charge in [0.05, 0.1) is 11.3 Å². The van der Waals surface area contributed by atoms with E-state index in [2.05, 4.69) is 45.0 Å². The molecule has 358 valence electrons. The predicted molar refractivity (Wildman–Crippen MR) is 245 cm³/mol. The summed E-state index contributed by atoms with van der Waals surface area (Å²) < 4.78 is 11.8. The highest BCUT2D eigenvalue weighted by atomic mass is 16.5. The Kier molecular flexibility index (Phi) is 15.8.